The Bertz CT molecular complexity index is 319. The molecule has 0 spiro atoms. The van der Waals surface area contributed by atoms with Crippen LogP contribution >= 0.6 is 11.6 Å². The molecule has 1 unspecified atom stereocenters. The van der Waals surface area contributed by atoms with Gasteiger partial charge in [-0.25, -0.2) is 0 Å². The molecule has 0 radical (unpaired) electrons. The smallest absolute Gasteiger partial charge is 0.0762 e. The third kappa shape index (κ3) is 5.40. The van der Waals surface area contributed by atoms with Crippen LogP contribution in [0, 0.1) is 0 Å². The molecule has 0 amide bonds. The fraction of sp³-hybridized carbons (Fsp3) is 0.786. The molecule has 0 aromatic carbocycles. The Kier molecular flexibility index (Phi) is 7.36. The molecule has 18 heavy (non-hydrogen) atoms. The topological polar surface area (TPSA) is 29.9 Å². The number of alkyl halides is 1. The molecule has 1 aromatic heterocycles. The van der Waals surface area contributed by atoms with Gasteiger partial charge in [0.05, 0.1) is 11.7 Å². The Morgan fingerprint density at radius 3 is 2.72 bits per heavy atom. The van der Waals surface area contributed by atoms with E-state index < -0.39 is 0 Å². The second-order valence-electron chi connectivity index (χ2n) is 4.86. The molecule has 1 atom stereocenters. The van der Waals surface area contributed by atoms with Gasteiger partial charge in [-0.2, -0.15) is 5.10 Å². The van der Waals surface area contributed by atoms with Gasteiger partial charge in [0.1, 0.15) is 0 Å². The first-order valence-electron chi connectivity index (χ1n) is 7.06. The highest BCUT2D eigenvalue weighted by molar-refractivity contribution is 6.20. The quantitative estimate of drug-likeness (QED) is 0.548. The van der Waals surface area contributed by atoms with E-state index >= 15 is 0 Å². The molecule has 3 nitrogen and oxygen atoms in total. The van der Waals surface area contributed by atoms with E-state index in [9.17, 15) is 0 Å². The lowest BCUT2D eigenvalue weighted by atomic mass is 10.2. The highest BCUT2D eigenvalue weighted by Gasteiger charge is 2.07. The van der Waals surface area contributed by atoms with Crippen LogP contribution in [0.3, 0.4) is 0 Å². The minimum Gasteiger partial charge on any atom is -0.311 e. The average Bonchev–Trinajstić information content (AvgIpc) is 2.79. The number of hydrogen-bond donors (Lipinski definition) is 1. The maximum atomic E-state index is 5.90. The van der Waals surface area contributed by atoms with Crippen molar-refractivity contribution in [2.75, 3.05) is 6.54 Å². The largest absolute Gasteiger partial charge is 0.311 e. The van der Waals surface area contributed by atoms with E-state index in [4.69, 9.17) is 11.6 Å². The molecule has 0 aliphatic rings. The van der Waals surface area contributed by atoms with E-state index in [2.05, 4.69) is 41.2 Å². The minimum atomic E-state index is 0.279. The van der Waals surface area contributed by atoms with E-state index in [1.54, 1.807) is 0 Å². The molecular formula is C14H26ClN3. The van der Waals surface area contributed by atoms with Crippen LogP contribution in [0.2, 0.25) is 0 Å². The number of hydrogen-bond acceptors (Lipinski definition) is 2. The van der Waals surface area contributed by atoms with Crippen molar-refractivity contribution in [2.45, 2.75) is 64.4 Å². The summed E-state index contributed by atoms with van der Waals surface area (Å²) in [4.78, 5) is 0. The fourth-order valence-electron chi connectivity index (χ4n) is 2.06. The van der Waals surface area contributed by atoms with Crippen LogP contribution in [0.25, 0.3) is 0 Å². The van der Waals surface area contributed by atoms with Gasteiger partial charge in [-0.05, 0) is 45.2 Å². The second-order valence-corrected chi connectivity index (χ2v) is 5.60. The first kappa shape index (κ1) is 15.5. The van der Waals surface area contributed by atoms with Gasteiger partial charge in [0, 0.05) is 18.1 Å². The van der Waals surface area contributed by atoms with Crippen LogP contribution in [0.1, 0.15) is 58.2 Å². The third-order valence-electron chi connectivity index (χ3n) is 3.24. The van der Waals surface area contributed by atoms with Crippen molar-refractivity contribution in [3.63, 3.8) is 0 Å². The maximum absolute atomic E-state index is 5.90. The van der Waals surface area contributed by atoms with Crippen molar-refractivity contribution in [3.05, 3.63) is 18.0 Å². The first-order valence-corrected chi connectivity index (χ1v) is 7.49. The van der Waals surface area contributed by atoms with Gasteiger partial charge in [-0.15, -0.1) is 11.6 Å². The molecule has 0 aliphatic carbocycles. The van der Waals surface area contributed by atoms with Gasteiger partial charge in [-0.1, -0.05) is 13.8 Å². The minimum absolute atomic E-state index is 0.279. The van der Waals surface area contributed by atoms with Crippen molar-refractivity contribution in [1.82, 2.24) is 15.1 Å². The predicted octanol–water partition coefficient (Wildman–Crippen LogP) is 3.74. The second kappa shape index (κ2) is 8.54. The summed E-state index contributed by atoms with van der Waals surface area (Å²) in [6.45, 7) is 8.32. The normalized spacial score (nSPS) is 13.2. The molecule has 4 heteroatoms. The summed E-state index contributed by atoms with van der Waals surface area (Å²) >= 11 is 5.90. The van der Waals surface area contributed by atoms with Crippen molar-refractivity contribution in [2.24, 2.45) is 0 Å². The molecule has 0 saturated carbocycles. The highest BCUT2D eigenvalue weighted by atomic mass is 35.5. The van der Waals surface area contributed by atoms with Gasteiger partial charge in [0.25, 0.3) is 0 Å². The zero-order valence-electron chi connectivity index (χ0n) is 11.8. The number of nitrogens with zero attached hydrogens (tertiary/aromatic N) is 2. The Morgan fingerprint density at radius 1 is 1.39 bits per heavy atom. The summed E-state index contributed by atoms with van der Waals surface area (Å²) in [5, 5.41) is 8.30. The summed E-state index contributed by atoms with van der Waals surface area (Å²) in [5.74, 6) is 0. The third-order valence-corrected chi connectivity index (χ3v) is 3.46. The molecule has 1 heterocycles. The summed E-state index contributed by atoms with van der Waals surface area (Å²) in [6.07, 6.45) is 6.56. The van der Waals surface area contributed by atoms with Gasteiger partial charge < -0.3 is 5.32 Å². The molecule has 1 aromatic rings. The van der Waals surface area contributed by atoms with Crippen molar-refractivity contribution < 1.29 is 0 Å². The van der Waals surface area contributed by atoms with E-state index in [1.165, 1.54) is 0 Å². The van der Waals surface area contributed by atoms with Crippen LogP contribution in [0.4, 0.5) is 0 Å². The van der Waals surface area contributed by atoms with Crippen molar-refractivity contribution in [3.8, 4) is 0 Å². The lowest BCUT2D eigenvalue weighted by molar-refractivity contribution is 0.424. The van der Waals surface area contributed by atoms with Crippen LogP contribution in [0.15, 0.2) is 12.3 Å². The molecule has 1 rings (SSSR count). The molecule has 1 N–H and O–H groups in total. The van der Waals surface area contributed by atoms with Crippen molar-refractivity contribution in [1.29, 1.82) is 0 Å². The van der Waals surface area contributed by atoms with E-state index in [0.717, 1.165) is 44.5 Å². The number of aromatic nitrogens is 2. The molecule has 0 aliphatic heterocycles. The zero-order valence-corrected chi connectivity index (χ0v) is 12.6. The van der Waals surface area contributed by atoms with E-state index in [0.29, 0.717) is 6.04 Å². The number of nitrogens with one attached hydrogen (secondary N) is 1. The summed E-state index contributed by atoms with van der Waals surface area (Å²) < 4.78 is 2.10. The molecule has 104 valence electrons. The van der Waals surface area contributed by atoms with Crippen LogP contribution < -0.4 is 5.32 Å². The standard InChI is InChI=1S/C14H26ClN3/c1-4-14(5-2)18-10-8-13(17-18)11-16-9-6-7-12(3)15/h8,10,12,14,16H,4-7,9,11H2,1-3H3. The average molecular weight is 272 g/mol. The molecular weight excluding hydrogens is 246 g/mol. The first-order chi connectivity index (χ1) is 8.67. The van der Waals surface area contributed by atoms with Gasteiger partial charge in [0.2, 0.25) is 0 Å². The van der Waals surface area contributed by atoms with Gasteiger partial charge in [0.15, 0.2) is 0 Å². The van der Waals surface area contributed by atoms with Crippen LogP contribution in [-0.4, -0.2) is 21.7 Å². The van der Waals surface area contributed by atoms with Gasteiger partial charge >= 0.3 is 0 Å². The SMILES string of the molecule is CCC(CC)n1ccc(CNCCCC(C)Cl)n1. The Labute approximate surface area is 116 Å². The van der Waals surface area contributed by atoms with Gasteiger partial charge in [-0.3, -0.25) is 4.68 Å². The number of rotatable bonds is 9. The van der Waals surface area contributed by atoms with Crippen LogP contribution in [-0.2, 0) is 6.54 Å². The summed E-state index contributed by atoms with van der Waals surface area (Å²) in [5.41, 5.74) is 1.13. The van der Waals surface area contributed by atoms with E-state index in [-0.39, 0.29) is 5.38 Å². The lowest BCUT2D eigenvalue weighted by Crippen LogP contribution is -2.16. The lowest BCUT2D eigenvalue weighted by Gasteiger charge is -2.12. The zero-order chi connectivity index (χ0) is 13.4. The maximum Gasteiger partial charge on any atom is 0.0762 e. The predicted molar refractivity (Wildman–Crippen MR) is 78.1 cm³/mol. The van der Waals surface area contributed by atoms with Crippen molar-refractivity contribution >= 4 is 11.6 Å². The molecule has 0 fully saturated rings. The monoisotopic (exact) mass is 271 g/mol. The Hall–Kier alpha value is -0.540. The van der Waals surface area contributed by atoms with Crippen LogP contribution in [0.5, 0.6) is 0 Å². The molecule has 0 saturated heterocycles. The van der Waals surface area contributed by atoms with E-state index in [1.807, 2.05) is 6.92 Å². The number of halogens is 1. The fourth-order valence-corrected chi connectivity index (χ4v) is 2.22. The summed E-state index contributed by atoms with van der Waals surface area (Å²) in [7, 11) is 0. The Morgan fingerprint density at radius 2 is 2.11 bits per heavy atom. The summed E-state index contributed by atoms with van der Waals surface area (Å²) in [6, 6.07) is 2.64. The Balaban J connectivity index is 2.27. The highest BCUT2D eigenvalue weighted by Crippen LogP contribution is 2.14. The molecule has 0 bridgehead atoms.